The number of Topliss-reactive ketones (excluding diaryl/α,β-unsaturated/α-hetero) is 1. The van der Waals surface area contributed by atoms with E-state index in [-0.39, 0.29) is 27.8 Å². The first kappa shape index (κ1) is 25.6. The van der Waals surface area contributed by atoms with Gasteiger partial charge in [0.25, 0.3) is 11.6 Å². The van der Waals surface area contributed by atoms with E-state index < -0.39 is 35.2 Å². The fourth-order valence-electron chi connectivity index (χ4n) is 2.84. The number of nitrogens with one attached hydrogen (secondary N) is 1. The second kappa shape index (κ2) is 11.3. The van der Waals surface area contributed by atoms with Crippen molar-refractivity contribution < 1.29 is 33.5 Å². The summed E-state index contributed by atoms with van der Waals surface area (Å²) in [6.07, 6.45) is 0. The van der Waals surface area contributed by atoms with Crippen LogP contribution in [0, 0.1) is 16.0 Å². The molecule has 11 heteroatoms. The van der Waals surface area contributed by atoms with Crippen molar-refractivity contribution in [2.75, 3.05) is 20.8 Å². The van der Waals surface area contributed by atoms with E-state index >= 15 is 0 Å². The number of methoxy groups -OCH3 is 2. The highest BCUT2D eigenvalue weighted by molar-refractivity contribution is 6.34. The molecule has 0 radical (unpaired) electrons. The first-order valence-corrected chi connectivity index (χ1v) is 10.1. The monoisotopic (exact) mass is 478 g/mol. The number of amides is 1. The third kappa shape index (κ3) is 6.42. The van der Waals surface area contributed by atoms with Gasteiger partial charge in [0.1, 0.15) is 6.04 Å². The second-order valence-corrected chi connectivity index (χ2v) is 7.62. The molecule has 0 bridgehead atoms. The van der Waals surface area contributed by atoms with E-state index in [1.54, 1.807) is 19.9 Å². The van der Waals surface area contributed by atoms with Crippen molar-refractivity contribution in [3.05, 3.63) is 62.7 Å². The number of carbonyl (C=O) groups is 3. The molecule has 0 aliphatic heterocycles. The van der Waals surface area contributed by atoms with Crippen LogP contribution in [0.3, 0.4) is 0 Å². The molecule has 0 saturated carbocycles. The quantitative estimate of drug-likeness (QED) is 0.237. The van der Waals surface area contributed by atoms with E-state index in [4.69, 9.17) is 25.8 Å². The van der Waals surface area contributed by atoms with Gasteiger partial charge in [-0.3, -0.25) is 19.7 Å². The molecule has 176 valence electrons. The number of rotatable bonds is 10. The molecule has 1 atom stereocenters. The molecule has 0 heterocycles. The fraction of sp³-hybridized carbons (Fsp3) is 0.318. The summed E-state index contributed by atoms with van der Waals surface area (Å²) in [5, 5.41) is 13.2. The van der Waals surface area contributed by atoms with Gasteiger partial charge in [0.2, 0.25) is 0 Å². The van der Waals surface area contributed by atoms with Crippen LogP contribution in [0.25, 0.3) is 0 Å². The number of esters is 1. The van der Waals surface area contributed by atoms with Crippen molar-refractivity contribution in [3.8, 4) is 11.5 Å². The number of halogens is 1. The largest absolute Gasteiger partial charge is 0.493 e. The summed E-state index contributed by atoms with van der Waals surface area (Å²) in [4.78, 5) is 47.8. The van der Waals surface area contributed by atoms with Gasteiger partial charge in [-0.2, -0.15) is 0 Å². The number of hydrogen-bond donors (Lipinski definition) is 1. The summed E-state index contributed by atoms with van der Waals surface area (Å²) in [7, 11) is 2.89. The molecule has 1 amide bonds. The summed E-state index contributed by atoms with van der Waals surface area (Å²) in [6, 6.07) is 6.81. The maximum Gasteiger partial charge on any atom is 0.329 e. The lowest BCUT2D eigenvalue weighted by Gasteiger charge is -2.21. The van der Waals surface area contributed by atoms with Crippen LogP contribution >= 0.6 is 11.6 Å². The molecule has 0 spiro atoms. The molecule has 0 fully saturated rings. The highest BCUT2D eigenvalue weighted by Crippen LogP contribution is 2.28. The summed E-state index contributed by atoms with van der Waals surface area (Å²) in [6.45, 7) is 2.81. The number of hydrogen-bond acceptors (Lipinski definition) is 8. The van der Waals surface area contributed by atoms with Crippen molar-refractivity contribution in [1.82, 2.24) is 5.32 Å². The molecule has 1 unspecified atom stereocenters. The van der Waals surface area contributed by atoms with E-state index in [2.05, 4.69) is 5.32 Å². The molecule has 2 aromatic carbocycles. The Bertz CT molecular complexity index is 1070. The molecule has 1 N–H and O–H groups in total. The van der Waals surface area contributed by atoms with Crippen LogP contribution in [0.15, 0.2) is 36.4 Å². The van der Waals surface area contributed by atoms with E-state index in [0.717, 1.165) is 12.1 Å². The minimum absolute atomic E-state index is 0.0397. The minimum atomic E-state index is -1.08. The van der Waals surface area contributed by atoms with Crippen LogP contribution in [-0.4, -0.2) is 49.5 Å². The van der Waals surface area contributed by atoms with Crippen LogP contribution in [0.1, 0.15) is 34.6 Å². The SMILES string of the molecule is COc1ccc(C(=O)COC(=O)C(NC(=O)c2ccc([N+](=O)[O-])cc2Cl)C(C)C)cc1OC. The number of nitro benzene ring substituents is 1. The van der Waals surface area contributed by atoms with Crippen LogP contribution in [0.2, 0.25) is 5.02 Å². The zero-order valence-electron chi connectivity index (χ0n) is 18.4. The number of non-ortho nitro benzene ring substituents is 1. The van der Waals surface area contributed by atoms with E-state index in [1.165, 1.54) is 32.4 Å². The Morgan fingerprint density at radius 2 is 1.73 bits per heavy atom. The van der Waals surface area contributed by atoms with Crippen LogP contribution < -0.4 is 14.8 Å². The highest BCUT2D eigenvalue weighted by atomic mass is 35.5. The molecular formula is C22H23ClN2O8. The average Bonchev–Trinajstić information content (AvgIpc) is 2.79. The zero-order chi connectivity index (χ0) is 24.7. The van der Waals surface area contributed by atoms with Crippen molar-refractivity contribution in [2.45, 2.75) is 19.9 Å². The number of carbonyl (C=O) groups excluding carboxylic acids is 3. The molecule has 2 rings (SSSR count). The Balaban J connectivity index is 2.07. The molecule has 0 aliphatic carbocycles. The Hall–Kier alpha value is -3.66. The number of benzene rings is 2. The van der Waals surface area contributed by atoms with Gasteiger partial charge in [0.15, 0.2) is 23.9 Å². The highest BCUT2D eigenvalue weighted by Gasteiger charge is 2.28. The summed E-state index contributed by atoms with van der Waals surface area (Å²) in [5.74, 6) is -1.59. The minimum Gasteiger partial charge on any atom is -0.493 e. The molecule has 2 aromatic rings. The Morgan fingerprint density at radius 1 is 1.06 bits per heavy atom. The maximum absolute atomic E-state index is 12.6. The molecular weight excluding hydrogens is 456 g/mol. The van der Waals surface area contributed by atoms with E-state index in [1.807, 2.05) is 0 Å². The number of nitro groups is 1. The van der Waals surface area contributed by atoms with Crippen molar-refractivity contribution in [3.63, 3.8) is 0 Å². The summed E-state index contributed by atoms with van der Waals surface area (Å²) in [5.41, 5.74) is -0.0598. The van der Waals surface area contributed by atoms with Crippen LogP contribution in [-0.2, 0) is 9.53 Å². The van der Waals surface area contributed by atoms with Gasteiger partial charge in [-0.1, -0.05) is 25.4 Å². The lowest BCUT2D eigenvalue weighted by molar-refractivity contribution is -0.384. The molecule has 0 saturated heterocycles. The average molecular weight is 479 g/mol. The smallest absolute Gasteiger partial charge is 0.329 e. The van der Waals surface area contributed by atoms with Gasteiger partial charge in [0.05, 0.1) is 29.7 Å². The van der Waals surface area contributed by atoms with Gasteiger partial charge >= 0.3 is 5.97 Å². The Morgan fingerprint density at radius 3 is 2.27 bits per heavy atom. The number of nitrogens with zero attached hydrogens (tertiary/aromatic N) is 1. The van der Waals surface area contributed by atoms with Gasteiger partial charge in [-0.25, -0.2) is 4.79 Å². The third-order valence-corrected chi connectivity index (χ3v) is 4.98. The number of ether oxygens (including phenoxy) is 3. The third-order valence-electron chi connectivity index (χ3n) is 4.67. The van der Waals surface area contributed by atoms with Gasteiger partial charge < -0.3 is 19.5 Å². The Labute approximate surface area is 194 Å². The predicted molar refractivity (Wildman–Crippen MR) is 119 cm³/mol. The number of ketones is 1. The van der Waals surface area contributed by atoms with Crippen molar-refractivity contribution in [2.24, 2.45) is 5.92 Å². The van der Waals surface area contributed by atoms with Crippen LogP contribution in [0.5, 0.6) is 11.5 Å². The Kier molecular flexibility index (Phi) is 8.75. The topological polar surface area (TPSA) is 134 Å². The van der Waals surface area contributed by atoms with Crippen molar-refractivity contribution >= 4 is 34.9 Å². The van der Waals surface area contributed by atoms with Crippen LogP contribution in [0.4, 0.5) is 5.69 Å². The van der Waals surface area contributed by atoms with E-state index in [0.29, 0.717) is 11.5 Å². The summed E-state index contributed by atoms with van der Waals surface area (Å²) >= 11 is 5.98. The summed E-state index contributed by atoms with van der Waals surface area (Å²) < 4.78 is 15.4. The van der Waals surface area contributed by atoms with Gasteiger partial charge in [-0.05, 0) is 30.2 Å². The lowest BCUT2D eigenvalue weighted by atomic mass is 10.0. The fourth-order valence-corrected chi connectivity index (χ4v) is 3.10. The first-order valence-electron chi connectivity index (χ1n) is 9.75. The molecule has 33 heavy (non-hydrogen) atoms. The molecule has 0 aliphatic rings. The first-order chi connectivity index (χ1) is 15.6. The zero-order valence-corrected chi connectivity index (χ0v) is 19.2. The van der Waals surface area contributed by atoms with Gasteiger partial charge in [0, 0.05) is 17.7 Å². The molecule has 10 nitrogen and oxygen atoms in total. The second-order valence-electron chi connectivity index (χ2n) is 7.22. The molecule has 0 aromatic heterocycles. The predicted octanol–water partition coefficient (Wildman–Crippen LogP) is 3.45. The lowest BCUT2D eigenvalue weighted by Crippen LogP contribution is -2.45. The standard InChI is InChI=1S/C22H23ClN2O8/c1-12(2)20(24-21(27)15-7-6-14(25(29)30)10-16(15)23)22(28)33-11-17(26)13-5-8-18(31-3)19(9-13)32-4/h5-10,12,20H,11H2,1-4H3,(H,24,27). The van der Waals surface area contributed by atoms with Gasteiger partial charge in [-0.15, -0.1) is 0 Å². The van der Waals surface area contributed by atoms with E-state index in [9.17, 15) is 24.5 Å². The normalized spacial score (nSPS) is 11.5. The maximum atomic E-state index is 12.6. The van der Waals surface area contributed by atoms with Crippen molar-refractivity contribution in [1.29, 1.82) is 0 Å².